The van der Waals surface area contributed by atoms with Gasteiger partial charge < -0.3 is 19.4 Å². The minimum Gasteiger partial charge on any atom is -0.456 e. The summed E-state index contributed by atoms with van der Waals surface area (Å²) in [5, 5.41) is 3.05. The van der Waals surface area contributed by atoms with Crippen LogP contribution in [-0.4, -0.2) is 74.3 Å². The van der Waals surface area contributed by atoms with Crippen LogP contribution in [0.5, 0.6) is 0 Å². The van der Waals surface area contributed by atoms with E-state index in [2.05, 4.69) is 74.7 Å². The molecule has 1 amide bonds. The van der Waals surface area contributed by atoms with E-state index in [1.165, 1.54) is 161 Å². The molecule has 0 spiro atoms. The quantitative estimate of drug-likeness (QED) is 0.0205. The lowest BCUT2D eigenvalue weighted by Crippen LogP contribution is -2.47. The average molecular weight is 1060 g/mol. The van der Waals surface area contributed by atoms with Crippen LogP contribution >= 0.6 is 7.82 Å². The second kappa shape index (κ2) is 54.1. The molecule has 9 nitrogen and oxygen atoms in total. The first-order valence-corrected chi connectivity index (χ1v) is 32.6. The highest BCUT2D eigenvalue weighted by Gasteiger charge is 2.30. The number of likely N-dealkylation sites (N-methyl/N-ethyl adjacent to an activating group) is 1. The number of rotatable bonds is 56. The summed E-state index contributed by atoms with van der Waals surface area (Å²) in [7, 11) is 1.48. The molecule has 74 heavy (non-hydrogen) atoms. The normalized spacial score (nSPS) is 14.1. The van der Waals surface area contributed by atoms with Crippen molar-refractivity contribution >= 4 is 19.7 Å². The maximum Gasteiger partial charge on any atom is 0.472 e. The molecule has 3 unspecified atom stereocenters. The molecule has 0 aromatic carbocycles. The van der Waals surface area contributed by atoms with Gasteiger partial charge in [0.1, 0.15) is 19.3 Å². The maximum absolute atomic E-state index is 13.5. The summed E-state index contributed by atoms with van der Waals surface area (Å²) >= 11 is 0. The van der Waals surface area contributed by atoms with Crippen molar-refractivity contribution in [2.24, 2.45) is 0 Å². The minimum atomic E-state index is -4.45. The number of hydrogen-bond acceptors (Lipinski definition) is 6. The molecule has 2 N–H and O–H groups in total. The first kappa shape index (κ1) is 71.7. The van der Waals surface area contributed by atoms with E-state index in [1.54, 1.807) is 0 Å². The Labute approximate surface area is 458 Å². The fraction of sp³-hybridized carbons (Fsp3) is 0.812. The number of hydrogen-bond donors (Lipinski definition) is 2. The molecule has 10 heteroatoms. The minimum absolute atomic E-state index is 0.0358. The Morgan fingerprint density at radius 1 is 0.486 bits per heavy atom. The summed E-state index contributed by atoms with van der Waals surface area (Å²) < 4.78 is 30.6. The van der Waals surface area contributed by atoms with Crippen LogP contribution < -0.4 is 5.32 Å². The number of allylic oxidation sites excluding steroid dienone is 9. The van der Waals surface area contributed by atoms with Gasteiger partial charge in [-0.25, -0.2) is 4.57 Å². The topological polar surface area (TPSA) is 111 Å². The second-order valence-electron chi connectivity index (χ2n) is 22.2. The van der Waals surface area contributed by atoms with Gasteiger partial charge in [-0.2, -0.15) is 0 Å². The Morgan fingerprint density at radius 3 is 1.31 bits per heavy atom. The zero-order chi connectivity index (χ0) is 54.3. The van der Waals surface area contributed by atoms with E-state index in [-0.39, 0.29) is 31.5 Å². The molecule has 0 saturated heterocycles. The third-order valence-corrected chi connectivity index (χ3v) is 14.7. The number of ether oxygens (including phenoxy) is 1. The largest absolute Gasteiger partial charge is 0.472 e. The number of quaternary nitrogens is 1. The van der Waals surface area contributed by atoms with Gasteiger partial charge in [0.25, 0.3) is 0 Å². The van der Waals surface area contributed by atoms with Crippen molar-refractivity contribution in [3.05, 3.63) is 60.8 Å². The van der Waals surface area contributed by atoms with E-state index in [4.69, 9.17) is 13.8 Å². The van der Waals surface area contributed by atoms with Crippen LogP contribution in [0.4, 0.5) is 0 Å². The summed E-state index contributed by atoms with van der Waals surface area (Å²) in [6, 6.07) is -0.857. The zero-order valence-electron chi connectivity index (χ0n) is 49.3. The lowest BCUT2D eigenvalue weighted by atomic mass is 10.0. The van der Waals surface area contributed by atoms with Crippen LogP contribution in [0, 0.1) is 0 Å². The average Bonchev–Trinajstić information content (AvgIpc) is 3.36. The van der Waals surface area contributed by atoms with E-state index in [1.807, 2.05) is 33.3 Å². The number of unbranched alkanes of at least 4 members (excludes halogenated alkanes) is 32. The van der Waals surface area contributed by atoms with Gasteiger partial charge in [0.05, 0.1) is 33.8 Å². The van der Waals surface area contributed by atoms with Crippen molar-refractivity contribution in [2.45, 2.75) is 296 Å². The zero-order valence-corrected chi connectivity index (χ0v) is 50.2. The Hall–Kier alpha value is -2.29. The van der Waals surface area contributed by atoms with Crippen LogP contribution in [0.2, 0.25) is 0 Å². The SMILES string of the molecule is CC/C=C/C/C=C/C/C=C/CCCCCCC(=O)OC(/C=C\CCCCCCCCCCC)C(COP(=O)(O)OCC[N+](C)(C)C)NC(=O)CCCCCCCCCCCCCCC/C=C/CCCCCCCC. The summed E-state index contributed by atoms with van der Waals surface area (Å²) in [6.07, 6.45) is 68.0. The van der Waals surface area contributed by atoms with Crippen LogP contribution in [0.1, 0.15) is 284 Å². The monoisotopic (exact) mass is 1060 g/mol. The Balaban J connectivity index is 5.14. The number of phosphoric ester groups is 1. The third kappa shape index (κ3) is 54.5. The first-order chi connectivity index (χ1) is 35.9. The van der Waals surface area contributed by atoms with E-state index in [9.17, 15) is 19.0 Å². The van der Waals surface area contributed by atoms with E-state index in [0.717, 1.165) is 83.5 Å². The fourth-order valence-electron chi connectivity index (χ4n) is 8.89. The molecule has 0 heterocycles. The molecule has 432 valence electrons. The Kier molecular flexibility index (Phi) is 52.4. The van der Waals surface area contributed by atoms with Crippen molar-refractivity contribution in [1.82, 2.24) is 5.32 Å². The number of amides is 1. The van der Waals surface area contributed by atoms with Crippen molar-refractivity contribution in [3.63, 3.8) is 0 Å². The van der Waals surface area contributed by atoms with Crippen LogP contribution in [0.3, 0.4) is 0 Å². The fourth-order valence-corrected chi connectivity index (χ4v) is 9.63. The highest BCUT2D eigenvalue weighted by molar-refractivity contribution is 7.47. The molecule has 3 atom stereocenters. The van der Waals surface area contributed by atoms with Gasteiger partial charge in [0.2, 0.25) is 5.91 Å². The summed E-state index contributed by atoms with van der Waals surface area (Å²) in [6.45, 7) is 6.89. The number of carbonyl (C=O) groups excluding carboxylic acids is 2. The highest BCUT2D eigenvalue weighted by atomic mass is 31.2. The van der Waals surface area contributed by atoms with Gasteiger partial charge in [-0.3, -0.25) is 18.6 Å². The predicted molar refractivity (Wildman–Crippen MR) is 318 cm³/mol. The molecule has 0 aromatic heterocycles. The maximum atomic E-state index is 13.5. The van der Waals surface area contributed by atoms with Crippen molar-refractivity contribution in [3.8, 4) is 0 Å². The molecule has 0 aliphatic carbocycles. The summed E-state index contributed by atoms with van der Waals surface area (Å²) in [4.78, 5) is 37.6. The third-order valence-electron chi connectivity index (χ3n) is 13.7. The molecule has 0 aliphatic rings. The lowest BCUT2D eigenvalue weighted by Gasteiger charge is -2.27. The molecular formula is C64H120N2O7P+. The predicted octanol–water partition coefficient (Wildman–Crippen LogP) is 19.1. The summed E-state index contributed by atoms with van der Waals surface area (Å²) in [5.74, 6) is -0.527. The Morgan fingerprint density at radius 2 is 0.865 bits per heavy atom. The molecule has 0 radical (unpaired) electrons. The smallest absolute Gasteiger partial charge is 0.456 e. The number of esters is 1. The van der Waals surface area contributed by atoms with Gasteiger partial charge in [-0.1, -0.05) is 242 Å². The van der Waals surface area contributed by atoms with Crippen molar-refractivity contribution < 1.29 is 37.3 Å². The first-order valence-electron chi connectivity index (χ1n) is 31.1. The standard InChI is InChI=1S/C64H119N2O7P/c1-7-10-13-16-19-22-25-27-29-30-31-32-33-34-35-36-37-38-41-44-47-50-53-56-63(67)65-61(60-72-74(69,70)71-59-58-66(4,5)6)62(55-52-49-46-43-40-24-21-18-15-12-9-3)73-64(68)57-54-51-48-45-42-39-28-26-23-20-17-14-11-8-2/h11,14,20,23,27-29,39,52,55,61-62H,7-10,12-13,15-19,21-22,24-26,30-38,40-51,53-54,56-60H2,1-6H3,(H-,65,67,69,70)/p+1/b14-11+,23-20+,29-27+,39-28+,55-52-. The van der Waals surface area contributed by atoms with Crippen LogP contribution in [-0.2, 0) is 27.9 Å². The van der Waals surface area contributed by atoms with E-state index in [0.29, 0.717) is 23.9 Å². The Bertz CT molecular complexity index is 1450. The number of nitrogens with one attached hydrogen (secondary N) is 1. The van der Waals surface area contributed by atoms with Gasteiger partial charge >= 0.3 is 13.8 Å². The van der Waals surface area contributed by atoms with Gasteiger partial charge in [-0.05, 0) is 89.5 Å². The molecule has 0 fully saturated rings. The van der Waals surface area contributed by atoms with Crippen molar-refractivity contribution in [1.29, 1.82) is 0 Å². The van der Waals surface area contributed by atoms with E-state index >= 15 is 0 Å². The second-order valence-corrected chi connectivity index (χ2v) is 23.6. The highest BCUT2D eigenvalue weighted by Crippen LogP contribution is 2.43. The molecule has 0 aliphatic heterocycles. The molecule has 0 aromatic rings. The molecular weight excluding hydrogens is 940 g/mol. The number of carbonyl (C=O) groups is 2. The van der Waals surface area contributed by atoms with Gasteiger partial charge in [0, 0.05) is 12.8 Å². The molecule has 0 bridgehead atoms. The van der Waals surface area contributed by atoms with Crippen LogP contribution in [0.15, 0.2) is 60.8 Å². The van der Waals surface area contributed by atoms with Crippen LogP contribution in [0.25, 0.3) is 0 Å². The van der Waals surface area contributed by atoms with Gasteiger partial charge in [0.15, 0.2) is 0 Å². The van der Waals surface area contributed by atoms with E-state index < -0.39 is 20.0 Å². The molecule has 0 saturated carbocycles. The van der Waals surface area contributed by atoms with Gasteiger partial charge in [-0.15, -0.1) is 0 Å². The number of nitrogens with zero attached hydrogens (tertiary/aromatic N) is 1. The lowest BCUT2D eigenvalue weighted by molar-refractivity contribution is -0.870. The van der Waals surface area contributed by atoms with Crippen molar-refractivity contribution in [2.75, 3.05) is 40.9 Å². The molecule has 0 rings (SSSR count). The summed E-state index contributed by atoms with van der Waals surface area (Å²) in [5.41, 5.74) is 0. The number of phosphoric acid groups is 1.